The molecule has 1 amide bonds. The van der Waals surface area contributed by atoms with Crippen molar-refractivity contribution in [1.82, 2.24) is 14.4 Å². The number of carboxylic acids is 1. The monoisotopic (exact) mass is 375 g/mol. The Bertz CT molecular complexity index is 739. The number of carbonyl (C=O) groups is 2. The largest absolute Gasteiger partial charge is 0.480 e. The Kier molecular flexibility index (Phi) is 5.80. The number of hydrogen-bond acceptors (Lipinski definition) is 7. The van der Waals surface area contributed by atoms with E-state index in [0.717, 1.165) is 10.6 Å². The highest BCUT2D eigenvalue weighted by atomic mass is 32.2. The first kappa shape index (κ1) is 19.3. The third-order valence-electron chi connectivity index (χ3n) is 3.86. The summed E-state index contributed by atoms with van der Waals surface area (Å²) in [5.74, 6) is -1.12. The van der Waals surface area contributed by atoms with Crippen molar-refractivity contribution in [2.24, 2.45) is 0 Å². The first-order valence-electron chi connectivity index (χ1n) is 7.60. The van der Waals surface area contributed by atoms with Gasteiger partial charge >= 0.3 is 5.97 Å². The average Bonchev–Trinajstić information content (AvgIpc) is 2.84. The fourth-order valence-corrected chi connectivity index (χ4v) is 3.44. The summed E-state index contributed by atoms with van der Waals surface area (Å²) < 4.78 is 34.8. The van der Waals surface area contributed by atoms with Crippen molar-refractivity contribution in [3.63, 3.8) is 0 Å². The van der Waals surface area contributed by atoms with E-state index in [2.05, 4.69) is 5.16 Å². The second-order valence-electron chi connectivity index (χ2n) is 5.89. The molecular weight excluding hydrogens is 354 g/mol. The van der Waals surface area contributed by atoms with Crippen LogP contribution in [0.4, 0.5) is 0 Å². The van der Waals surface area contributed by atoms with Gasteiger partial charge in [-0.25, -0.2) is 8.42 Å². The van der Waals surface area contributed by atoms with E-state index in [1.807, 2.05) is 0 Å². The number of aryl methyl sites for hydroxylation is 2. The molecule has 0 aromatic carbocycles. The summed E-state index contributed by atoms with van der Waals surface area (Å²) in [6.45, 7) is 3.23. The van der Waals surface area contributed by atoms with E-state index in [4.69, 9.17) is 14.4 Å². The van der Waals surface area contributed by atoms with Crippen molar-refractivity contribution in [3.05, 3.63) is 17.0 Å². The molecule has 1 aromatic heterocycles. The number of rotatable bonds is 6. The van der Waals surface area contributed by atoms with Gasteiger partial charge in [0.25, 0.3) is 5.91 Å². The van der Waals surface area contributed by atoms with Crippen LogP contribution in [-0.2, 0) is 19.6 Å². The Morgan fingerprint density at radius 3 is 2.60 bits per heavy atom. The first-order valence-corrected chi connectivity index (χ1v) is 9.45. The zero-order valence-corrected chi connectivity index (χ0v) is 15.1. The van der Waals surface area contributed by atoms with Crippen LogP contribution in [-0.4, -0.2) is 84.9 Å². The van der Waals surface area contributed by atoms with Gasteiger partial charge in [-0.1, -0.05) is 5.16 Å². The van der Waals surface area contributed by atoms with Crippen molar-refractivity contribution < 1.29 is 32.4 Å². The second kappa shape index (κ2) is 7.50. The zero-order chi connectivity index (χ0) is 18.8. The fraction of sp³-hybridized carbons (Fsp3) is 0.643. The van der Waals surface area contributed by atoms with E-state index in [-0.39, 0.29) is 25.6 Å². The Labute approximate surface area is 145 Å². The SMILES string of the molecule is Cc1noc(C)c1C(=O)N1CCOC(CN(CC(=O)O)S(C)(=O)=O)C1. The molecule has 140 valence electrons. The number of nitrogens with zero attached hydrogens (tertiary/aromatic N) is 3. The Morgan fingerprint density at radius 1 is 1.40 bits per heavy atom. The van der Waals surface area contributed by atoms with Crippen LogP contribution in [0.5, 0.6) is 0 Å². The molecule has 0 bridgehead atoms. The summed E-state index contributed by atoms with van der Waals surface area (Å²) in [4.78, 5) is 25.1. The minimum atomic E-state index is -3.71. The molecule has 1 atom stereocenters. The van der Waals surface area contributed by atoms with Crippen molar-refractivity contribution in [3.8, 4) is 0 Å². The van der Waals surface area contributed by atoms with E-state index in [1.54, 1.807) is 13.8 Å². The van der Waals surface area contributed by atoms with Crippen LogP contribution in [0.25, 0.3) is 0 Å². The summed E-state index contributed by atoms with van der Waals surface area (Å²) in [5.41, 5.74) is 0.861. The molecule has 1 saturated heterocycles. The van der Waals surface area contributed by atoms with Gasteiger partial charge in [0, 0.05) is 19.6 Å². The van der Waals surface area contributed by atoms with Crippen LogP contribution in [0.2, 0.25) is 0 Å². The fourth-order valence-electron chi connectivity index (χ4n) is 2.66. The molecule has 2 heterocycles. The van der Waals surface area contributed by atoms with Crippen molar-refractivity contribution in [1.29, 1.82) is 0 Å². The standard InChI is InChI=1S/C14H21N3O7S/c1-9-13(10(2)24-15-9)14(20)16-4-5-23-11(6-16)7-17(8-12(18)19)25(3,21)22/h11H,4-8H2,1-3H3,(H,18,19). The van der Waals surface area contributed by atoms with E-state index in [0.29, 0.717) is 23.6 Å². The van der Waals surface area contributed by atoms with Gasteiger partial charge in [-0.2, -0.15) is 4.31 Å². The van der Waals surface area contributed by atoms with Crippen LogP contribution in [0.3, 0.4) is 0 Å². The van der Waals surface area contributed by atoms with Gasteiger partial charge < -0.3 is 19.3 Å². The molecule has 1 N–H and O–H groups in total. The third kappa shape index (κ3) is 4.77. The molecule has 1 unspecified atom stereocenters. The Morgan fingerprint density at radius 2 is 2.08 bits per heavy atom. The number of aliphatic carboxylic acids is 1. The molecule has 0 aliphatic carbocycles. The van der Waals surface area contributed by atoms with Gasteiger partial charge in [-0.05, 0) is 13.8 Å². The number of carboxylic acid groups (broad SMARTS) is 1. The van der Waals surface area contributed by atoms with E-state index >= 15 is 0 Å². The molecule has 25 heavy (non-hydrogen) atoms. The second-order valence-corrected chi connectivity index (χ2v) is 7.87. The normalized spacial score (nSPS) is 18.6. The van der Waals surface area contributed by atoms with Crippen LogP contribution in [0, 0.1) is 13.8 Å². The summed E-state index contributed by atoms with van der Waals surface area (Å²) in [5, 5.41) is 12.6. The maximum Gasteiger partial charge on any atom is 0.318 e. The molecule has 11 heteroatoms. The van der Waals surface area contributed by atoms with Gasteiger partial charge in [0.05, 0.1) is 24.7 Å². The van der Waals surface area contributed by atoms with Crippen LogP contribution in [0.15, 0.2) is 4.52 Å². The number of sulfonamides is 1. The number of morpholine rings is 1. The minimum absolute atomic E-state index is 0.142. The highest BCUT2D eigenvalue weighted by molar-refractivity contribution is 7.88. The van der Waals surface area contributed by atoms with Crippen LogP contribution in [0.1, 0.15) is 21.8 Å². The Balaban J connectivity index is 2.10. The minimum Gasteiger partial charge on any atom is -0.480 e. The number of amides is 1. The summed E-state index contributed by atoms with van der Waals surface area (Å²) in [6.07, 6.45) is 0.318. The lowest BCUT2D eigenvalue weighted by molar-refractivity contribution is -0.137. The zero-order valence-electron chi connectivity index (χ0n) is 14.3. The number of ether oxygens (including phenoxy) is 1. The van der Waals surface area contributed by atoms with Crippen LogP contribution < -0.4 is 0 Å². The topological polar surface area (TPSA) is 130 Å². The van der Waals surface area contributed by atoms with Gasteiger partial charge in [0.15, 0.2) is 0 Å². The molecule has 1 fully saturated rings. The van der Waals surface area contributed by atoms with Gasteiger partial charge in [-0.15, -0.1) is 0 Å². The van der Waals surface area contributed by atoms with E-state index in [1.165, 1.54) is 4.90 Å². The maximum absolute atomic E-state index is 12.7. The predicted molar refractivity (Wildman–Crippen MR) is 85.7 cm³/mol. The molecule has 0 saturated carbocycles. The van der Waals surface area contributed by atoms with Gasteiger partial charge in [-0.3, -0.25) is 9.59 Å². The molecular formula is C14H21N3O7S. The lowest BCUT2D eigenvalue weighted by Gasteiger charge is -2.34. The molecule has 2 rings (SSSR count). The van der Waals surface area contributed by atoms with E-state index < -0.39 is 28.6 Å². The molecule has 10 nitrogen and oxygen atoms in total. The molecule has 0 spiro atoms. The molecule has 1 aliphatic heterocycles. The summed E-state index contributed by atoms with van der Waals surface area (Å²) in [7, 11) is -3.71. The lowest BCUT2D eigenvalue weighted by atomic mass is 10.1. The van der Waals surface area contributed by atoms with E-state index in [9.17, 15) is 18.0 Å². The highest BCUT2D eigenvalue weighted by Gasteiger charge is 2.31. The molecule has 0 radical (unpaired) electrons. The van der Waals surface area contributed by atoms with Crippen molar-refractivity contribution in [2.45, 2.75) is 20.0 Å². The van der Waals surface area contributed by atoms with Crippen LogP contribution >= 0.6 is 0 Å². The van der Waals surface area contributed by atoms with Gasteiger partial charge in [0.1, 0.15) is 17.9 Å². The molecule has 1 aliphatic rings. The number of carbonyl (C=O) groups excluding carboxylic acids is 1. The van der Waals surface area contributed by atoms with Crippen molar-refractivity contribution in [2.75, 3.05) is 39.0 Å². The summed E-state index contributed by atoms with van der Waals surface area (Å²) >= 11 is 0. The Hall–Kier alpha value is -1.98. The lowest BCUT2D eigenvalue weighted by Crippen LogP contribution is -2.51. The quantitative estimate of drug-likeness (QED) is 0.703. The summed E-state index contributed by atoms with van der Waals surface area (Å²) in [6, 6.07) is 0. The number of hydrogen-bond donors (Lipinski definition) is 1. The molecule has 1 aromatic rings. The van der Waals surface area contributed by atoms with Crippen molar-refractivity contribution >= 4 is 21.9 Å². The predicted octanol–water partition coefficient (Wildman–Crippen LogP) is -0.521. The third-order valence-corrected chi connectivity index (χ3v) is 5.08. The first-order chi connectivity index (χ1) is 11.6. The number of aromatic nitrogens is 1. The highest BCUT2D eigenvalue weighted by Crippen LogP contribution is 2.18. The maximum atomic E-state index is 12.7. The smallest absolute Gasteiger partial charge is 0.318 e. The average molecular weight is 375 g/mol. The van der Waals surface area contributed by atoms with Gasteiger partial charge in [0.2, 0.25) is 10.0 Å².